The molecule has 0 spiro atoms. The summed E-state index contributed by atoms with van der Waals surface area (Å²) < 4.78 is 27.5. The summed E-state index contributed by atoms with van der Waals surface area (Å²) in [5.41, 5.74) is 0.196. The second kappa shape index (κ2) is 4.81. The first-order chi connectivity index (χ1) is 8.47. The van der Waals surface area contributed by atoms with Crippen LogP contribution < -0.4 is 0 Å². The molecule has 0 atom stereocenters. The Morgan fingerprint density at radius 2 is 2.17 bits per heavy atom. The van der Waals surface area contributed by atoms with Crippen LogP contribution in [0.4, 0.5) is 14.6 Å². The first-order valence-electron chi connectivity index (χ1n) is 4.78. The van der Waals surface area contributed by atoms with E-state index in [2.05, 4.69) is 21.0 Å². The van der Waals surface area contributed by atoms with Crippen molar-refractivity contribution in [1.29, 1.82) is 0 Å². The number of hydrogen-bond donors (Lipinski definition) is 0. The third kappa shape index (κ3) is 2.53. The molecule has 1 aromatic heterocycles. The number of rotatable bonds is 3. The largest absolute Gasteiger partial charge is 0.404 e. The maximum Gasteiger partial charge on any atom is 0.404 e. The Morgan fingerprint density at radius 1 is 1.44 bits per heavy atom. The highest BCUT2D eigenvalue weighted by Crippen LogP contribution is 2.22. The lowest BCUT2D eigenvalue weighted by molar-refractivity contribution is -0.390. The van der Waals surface area contributed by atoms with Gasteiger partial charge in [-0.05, 0) is 26.9 Å². The summed E-state index contributed by atoms with van der Waals surface area (Å²) in [5, 5.41) is 14.3. The van der Waals surface area contributed by atoms with Crippen molar-refractivity contribution in [1.82, 2.24) is 9.78 Å². The minimum absolute atomic E-state index is 0.0153. The fourth-order valence-electron chi connectivity index (χ4n) is 1.42. The van der Waals surface area contributed by atoms with Gasteiger partial charge in [-0.1, -0.05) is 6.07 Å². The van der Waals surface area contributed by atoms with Crippen LogP contribution in [0.3, 0.4) is 0 Å². The van der Waals surface area contributed by atoms with E-state index >= 15 is 0 Å². The van der Waals surface area contributed by atoms with Crippen LogP contribution >= 0.6 is 15.9 Å². The molecule has 94 valence electrons. The molecule has 8 heteroatoms. The lowest BCUT2D eigenvalue weighted by atomic mass is 10.2. The van der Waals surface area contributed by atoms with E-state index in [1.165, 1.54) is 16.9 Å². The molecule has 0 saturated carbocycles. The molecule has 2 aromatic rings. The lowest BCUT2D eigenvalue weighted by Crippen LogP contribution is -2.03. The van der Waals surface area contributed by atoms with Crippen LogP contribution in [-0.2, 0) is 6.54 Å². The van der Waals surface area contributed by atoms with E-state index in [0.29, 0.717) is 0 Å². The van der Waals surface area contributed by atoms with E-state index in [1.807, 2.05) is 0 Å². The standard InChI is InChI=1S/C10H6BrF2N3O2/c11-8-5-15(14-10(8)16(17)18)4-6-1-2-7(12)3-9(6)13/h1-3,5H,4H2. The molecule has 0 saturated heterocycles. The van der Waals surface area contributed by atoms with Gasteiger partial charge in [0.05, 0.1) is 17.8 Å². The van der Waals surface area contributed by atoms with Gasteiger partial charge in [0, 0.05) is 11.6 Å². The van der Waals surface area contributed by atoms with E-state index in [4.69, 9.17) is 0 Å². The smallest absolute Gasteiger partial charge is 0.358 e. The average Bonchev–Trinajstić information content (AvgIpc) is 2.64. The Labute approximate surface area is 108 Å². The molecule has 5 nitrogen and oxygen atoms in total. The van der Waals surface area contributed by atoms with Crippen molar-refractivity contribution in [2.24, 2.45) is 0 Å². The van der Waals surface area contributed by atoms with Crippen LogP contribution in [0.15, 0.2) is 28.9 Å². The summed E-state index contributed by atoms with van der Waals surface area (Å²) in [6.45, 7) is -0.0153. The van der Waals surface area contributed by atoms with Crippen molar-refractivity contribution < 1.29 is 13.7 Å². The van der Waals surface area contributed by atoms with Gasteiger partial charge < -0.3 is 10.1 Å². The van der Waals surface area contributed by atoms with E-state index < -0.39 is 16.6 Å². The molecule has 0 aliphatic carbocycles. The minimum atomic E-state index is -0.718. The first-order valence-corrected chi connectivity index (χ1v) is 5.58. The number of hydrogen-bond acceptors (Lipinski definition) is 3. The van der Waals surface area contributed by atoms with Crippen molar-refractivity contribution in [3.63, 3.8) is 0 Å². The van der Waals surface area contributed by atoms with Gasteiger partial charge in [-0.15, -0.1) is 0 Å². The Balaban J connectivity index is 2.29. The number of halogens is 3. The molecule has 2 rings (SSSR count). The van der Waals surface area contributed by atoms with Crippen LogP contribution in [0.5, 0.6) is 0 Å². The highest BCUT2D eigenvalue weighted by atomic mass is 79.9. The quantitative estimate of drug-likeness (QED) is 0.646. The average molecular weight is 318 g/mol. The predicted octanol–water partition coefficient (Wildman–Crippen LogP) is 2.88. The summed E-state index contributed by atoms with van der Waals surface area (Å²) >= 11 is 2.98. The molecule has 0 bridgehead atoms. The zero-order valence-electron chi connectivity index (χ0n) is 8.81. The zero-order chi connectivity index (χ0) is 13.3. The van der Waals surface area contributed by atoms with E-state index in [1.54, 1.807) is 0 Å². The summed E-state index contributed by atoms with van der Waals surface area (Å²) in [6, 6.07) is 3.14. The molecule has 0 unspecified atom stereocenters. The number of benzene rings is 1. The monoisotopic (exact) mass is 317 g/mol. The Morgan fingerprint density at radius 3 is 2.72 bits per heavy atom. The highest BCUT2D eigenvalue weighted by Gasteiger charge is 2.19. The van der Waals surface area contributed by atoms with Gasteiger partial charge >= 0.3 is 5.82 Å². The van der Waals surface area contributed by atoms with Crippen LogP contribution in [0.2, 0.25) is 0 Å². The molecule has 0 amide bonds. The van der Waals surface area contributed by atoms with Crippen LogP contribution in [0.25, 0.3) is 0 Å². The number of nitro groups is 1. The summed E-state index contributed by atoms with van der Waals surface area (Å²) in [7, 11) is 0. The number of aromatic nitrogens is 2. The third-order valence-corrected chi connectivity index (χ3v) is 2.78. The van der Waals surface area contributed by atoms with Crippen LogP contribution in [0.1, 0.15) is 5.56 Å². The molecule has 0 aliphatic heterocycles. The fourth-order valence-corrected chi connectivity index (χ4v) is 1.88. The van der Waals surface area contributed by atoms with E-state index in [9.17, 15) is 18.9 Å². The molecule has 0 N–H and O–H groups in total. The Hall–Kier alpha value is -1.83. The molecule has 0 fully saturated rings. The van der Waals surface area contributed by atoms with Gasteiger partial charge in [0.1, 0.15) is 16.1 Å². The highest BCUT2D eigenvalue weighted by molar-refractivity contribution is 9.10. The molecule has 18 heavy (non-hydrogen) atoms. The van der Waals surface area contributed by atoms with Gasteiger partial charge in [-0.3, -0.25) is 0 Å². The normalized spacial score (nSPS) is 10.6. The maximum absolute atomic E-state index is 13.4. The second-order valence-corrected chi connectivity index (χ2v) is 4.35. The summed E-state index contributed by atoms with van der Waals surface area (Å²) in [5.74, 6) is -1.74. The molecule has 1 aromatic carbocycles. The van der Waals surface area contributed by atoms with Crippen LogP contribution in [-0.4, -0.2) is 14.7 Å². The summed E-state index contributed by atoms with van der Waals surface area (Å²) in [6.07, 6.45) is 1.36. The zero-order valence-corrected chi connectivity index (χ0v) is 10.4. The van der Waals surface area contributed by atoms with Gasteiger partial charge in [-0.2, -0.15) is 4.68 Å². The topological polar surface area (TPSA) is 61.0 Å². The molecule has 0 radical (unpaired) electrons. The molecular formula is C10H6BrF2N3O2. The van der Waals surface area contributed by atoms with Crippen molar-refractivity contribution in [2.75, 3.05) is 0 Å². The Kier molecular flexibility index (Phi) is 3.37. The van der Waals surface area contributed by atoms with Gasteiger partial charge in [0.25, 0.3) is 0 Å². The third-order valence-electron chi connectivity index (χ3n) is 2.22. The van der Waals surface area contributed by atoms with Gasteiger partial charge in [0.15, 0.2) is 0 Å². The van der Waals surface area contributed by atoms with Crippen molar-refractivity contribution in [3.8, 4) is 0 Å². The first kappa shape index (κ1) is 12.6. The van der Waals surface area contributed by atoms with Crippen LogP contribution in [0, 0.1) is 21.7 Å². The maximum atomic E-state index is 13.4. The minimum Gasteiger partial charge on any atom is -0.358 e. The van der Waals surface area contributed by atoms with Crippen molar-refractivity contribution >= 4 is 21.7 Å². The molecule has 1 heterocycles. The fraction of sp³-hybridized carbons (Fsp3) is 0.100. The molecule has 0 aliphatic rings. The van der Waals surface area contributed by atoms with Crippen molar-refractivity contribution in [3.05, 3.63) is 56.2 Å². The van der Waals surface area contributed by atoms with E-state index in [-0.39, 0.29) is 22.4 Å². The predicted molar refractivity (Wildman–Crippen MR) is 62.0 cm³/mol. The summed E-state index contributed by atoms with van der Waals surface area (Å²) in [4.78, 5) is 9.92. The van der Waals surface area contributed by atoms with Crippen molar-refractivity contribution in [2.45, 2.75) is 6.54 Å². The Bertz CT molecular complexity index is 615. The van der Waals surface area contributed by atoms with Gasteiger partial charge in [-0.25, -0.2) is 8.78 Å². The van der Waals surface area contributed by atoms with E-state index in [0.717, 1.165) is 12.1 Å². The lowest BCUT2D eigenvalue weighted by Gasteiger charge is -2.00. The number of nitrogens with zero attached hydrogens (tertiary/aromatic N) is 3. The second-order valence-electron chi connectivity index (χ2n) is 3.49. The SMILES string of the molecule is O=[N+]([O-])c1nn(Cc2ccc(F)cc2F)cc1Br. The molecular weight excluding hydrogens is 312 g/mol. The van der Waals surface area contributed by atoms with Gasteiger partial charge in [0.2, 0.25) is 0 Å².